The van der Waals surface area contributed by atoms with Crippen LogP contribution in [0.5, 0.6) is 0 Å². The van der Waals surface area contributed by atoms with Gasteiger partial charge >= 0.3 is 0 Å². The lowest BCUT2D eigenvalue weighted by Gasteiger charge is -2.22. The molecule has 0 bridgehead atoms. The van der Waals surface area contributed by atoms with Crippen LogP contribution >= 0.6 is 11.8 Å². The second-order valence-corrected chi connectivity index (χ2v) is 6.49. The van der Waals surface area contributed by atoms with Gasteiger partial charge < -0.3 is 10.2 Å². The third-order valence-corrected chi connectivity index (χ3v) is 4.20. The predicted molar refractivity (Wildman–Crippen MR) is 70.7 cm³/mol. The zero-order chi connectivity index (χ0) is 11.1. The lowest BCUT2D eigenvalue weighted by molar-refractivity contribution is 0.285. The highest BCUT2D eigenvalue weighted by atomic mass is 32.2. The van der Waals surface area contributed by atoms with Gasteiger partial charge in [0.05, 0.1) is 0 Å². The van der Waals surface area contributed by atoms with Gasteiger partial charge in [-0.1, -0.05) is 19.9 Å². The molecule has 0 radical (unpaired) electrons. The fraction of sp³-hybridized carbons (Fsp3) is 0.833. The first-order valence-corrected chi connectivity index (χ1v) is 6.80. The molecule has 88 valence electrons. The molecule has 0 spiro atoms. The van der Waals surface area contributed by atoms with Crippen molar-refractivity contribution in [2.45, 2.75) is 25.0 Å². The smallest absolute Gasteiger partial charge is 0.0132 e. The minimum absolute atomic E-state index is 0.475. The van der Waals surface area contributed by atoms with Crippen molar-refractivity contribution >= 4 is 11.8 Å². The Balaban J connectivity index is 2.17. The van der Waals surface area contributed by atoms with Gasteiger partial charge in [0.2, 0.25) is 0 Å². The van der Waals surface area contributed by atoms with Crippen LogP contribution in [0.15, 0.2) is 12.7 Å². The molecule has 3 heteroatoms. The highest BCUT2D eigenvalue weighted by molar-refractivity contribution is 8.00. The topological polar surface area (TPSA) is 15.3 Å². The maximum absolute atomic E-state index is 3.70. The molecule has 1 fully saturated rings. The molecule has 0 aliphatic carbocycles. The summed E-state index contributed by atoms with van der Waals surface area (Å²) in [6.45, 7) is 14.1. The van der Waals surface area contributed by atoms with Crippen molar-refractivity contribution in [3.63, 3.8) is 0 Å². The number of hydrogen-bond acceptors (Lipinski definition) is 3. The zero-order valence-corrected chi connectivity index (χ0v) is 10.9. The van der Waals surface area contributed by atoms with Crippen LogP contribution in [-0.4, -0.2) is 48.1 Å². The summed E-state index contributed by atoms with van der Waals surface area (Å²) in [5.74, 6) is 1.27. The molecule has 0 amide bonds. The first-order chi connectivity index (χ1) is 7.14. The van der Waals surface area contributed by atoms with Crippen molar-refractivity contribution in [2.24, 2.45) is 0 Å². The van der Waals surface area contributed by atoms with Crippen LogP contribution in [0.4, 0.5) is 0 Å². The van der Waals surface area contributed by atoms with E-state index in [4.69, 9.17) is 0 Å². The Morgan fingerprint density at radius 1 is 1.47 bits per heavy atom. The molecular formula is C12H24N2S. The molecule has 0 aromatic heterocycles. The molecule has 1 saturated heterocycles. The molecule has 1 aliphatic heterocycles. The summed E-state index contributed by atoms with van der Waals surface area (Å²) in [5.41, 5.74) is 0. The van der Waals surface area contributed by atoms with Gasteiger partial charge in [-0.3, -0.25) is 0 Å². The lowest BCUT2D eigenvalue weighted by Crippen LogP contribution is -2.34. The molecule has 15 heavy (non-hydrogen) atoms. The van der Waals surface area contributed by atoms with E-state index >= 15 is 0 Å². The molecule has 2 nitrogen and oxygen atoms in total. The average Bonchev–Trinajstić information content (AvgIpc) is 2.35. The fourth-order valence-corrected chi connectivity index (χ4v) is 2.86. The van der Waals surface area contributed by atoms with Crippen molar-refractivity contribution in [3.05, 3.63) is 12.7 Å². The highest BCUT2D eigenvalue weighted by Crippen LogP contribution is 2.30. The van der Waals surface area contributed by atoms with Gasteiger partial charge in [-0.2, -0.15) is 11.8 Å². The van der Waals surface area contributed by atoms with Crippen LogP contribution in [0.25, 0.3) is 0 Å². The van der Waals surface area contributed by atoms with E-state index in [9.17, 15) is 0 Å². The van der Waals surface area contributed by atoms with Crippen molar-refractivity contribution in [1.82, 2.24) is 10.2 Å². The fourth-order valence-electron chi connectivity index (χ4n) is 1.73. The number of nitrogens with one attached hydrogen (secondary N) is 1. The van der Waals surface area contributed by atoms with E-state index in [0.29, 0.717) is 4.75 Å². The number of nitrogens with zero attached hydrogens (tertiary/aromatic N) is 1. The molecule has 0 atom stereocenters. The maximum atomic E-state index is 3.70. The summed E-state index contributed by atoms with van der Waals surface area (Å²) >= 11 is 2.11. The van der Waals surface area contributed by atoms with E-state index in [1.54, 1.807) is 0 Å². The van der Waals surface area contributed by atoms with Crippen LogP contribution in [0.3, 0.4) is 0 Å². The standard InChI is InChI=1S/C12H24N2S/c1-4-6-13-7-9-14-8-5-12(2,3)15-11-10-14/h4,13H,1,5-11H2,2-3H3. The third kappa shape index (κ3) is 5.59. The molecule has 0 aromatic carbocycles. The minimum Gasteiger partial charge on any atom is -0.312 e. The molecule has 1 rings (SSSR count). The first-order valence-electron chi connectivity index (χ1n) is 5.82. The third-order valence-electron chi connectivity index (χ3n) is 2.82. The molecule has 1 heterocycles. The van der Waals surface area contributed by atoms with Gasteiger partial charge in [-0.25, -0.2) is 0 Å². The Bertz CT molecular complexity index is 192. The highest BCUT2D eigenvalue weighted by Gasteiger charge is 2.22. The summed E-state index contributed by atoms with van der Waals surface area (Å²) < 4.78 is 0.475. The zero-order valence-electron chi connectivity index (χ0n) is 10.1. The van der Waals surface area contributed by atoms with Gasteiger partial charge in [-0.05, 0) is 13.0 Å². The summed E-state index contributed by atoms with van der Waals surface area (Å²) in [4.78, 5) is 2.57. The Kier molecular flexibility index (Phi) is 5.72. The van der Waals surface area contributed by atoms with E-state index in [0.717, 1.165) is 13.1 Å². The summed E-state index contributed by atoms with van der Waals surface area (Å²) in [6.07, 6.45) is 3.22. The van der Waals surface area contributed by atoms with Crippen molar-refractivity contribution in [1.29, 1.82) is 0 Å². The van der Waals surface area contributed by atoms with Crippen molar-refractivity contribution < 1.29 is 0 Å². The molecule has 1 N–H and O–H groups in total. The Hall–Kier alpha value is 0.0100. The number of thioether (sulfide) groups is 1. The SMILES string of the molecule is C=CCNCCN1CCSC(C)(C)CC1. The summed E-state index contributed by atoms with van der Waals surface area (Å²) in [7, 11) is 0. The van der Waals surface area contributed by atoms with Crippen LogP contribution in [0.1, 0.15) is 20.3 Å². The van der Waals surface area contributed by atoms with E-state index in [1.165, 1.54) is 31.8 Å². The van der Waals surface area contributed by atoms with E-state index in [-0.39, 0.29) is 0 Å². The van der Waals surface area contributed by atoms with E-state index in [2.05, 4.69) is 42.4 Å². The first kappa shape index (κ1) is 13.1. The quantitative estimate of drug-likeness (QED) is 0.572. The van der Waals surface area contributed by atoms with Gasteiger partial charge in [-0.15, -0.1) is 6.58 Å². The Morgan fingerprint density at radius 3 is 3.00 bits per heavy atom. The number of hydrogen-bond donors (Lipinski definition) is 1. The van der Waals surface area contributed by atoms with Crippen LogP contribution in [0, 0.1) is 0 Å². The monoisotopic (exact) mass is 228 g/mol. The molecule has 1 aliphatic rings. The van der Waals surface area contributed by atoms with Crippen LogP contribution in [-0.2, 0) is 0 Å². The van der Waals surface area contributed by atoms with Crippen LogP contribution in [0.2, 0.25) is 0 Å². The second-order valence-electron chi connectivity index (χ2n) is 4.69. The maximum Gasteiger partial charge on any atom is 0.0132 e. The normalized spacial score (nSPS) is 22.3. The summed E-state index contributed by atoms with van der Waals surface area (Å²) in [5, 5.41) is 3.36. The van der Waals surface area contributed by atoms with E-state index < -0.39 is 0 Å². The van der Waals surface area contributed by atoms with Crippen LogP contribution < -0.4 is 5.32 Å². The Morgan fingerprint density at radius 2 is 2.27 bits per heavy atom. The largest absolute Gasteiger partial charge is 0.312 e. The minimum atomic E-state index is 0.475. The van der Waals surface area contributed by atoms with Gasteiger partial charge in [0.1, 0.15) is 0 Å². The molecular weight excluding hydrogens is 204 g/mol. The molecule has 0 unspecified atom stereocenters. The lowest BCUT2D eigenvalue weighted by atomic mass is 10.1. The summed E-state index contributed by atoms with van der Waals surface area (Å²) in [6, 6.07) is 0. The molecule has 0 saturated carbocycles. The van der Waals surface area contributed by atoms with Crippen molar-refractivity contribution in [2.75, 3.05) is 38.5 Å². The Labute approximate surface area is 98.5 Å². The van der Waals surface area contributed by atoms with Gasteiger partial charge in [0.25, 0.3) is 0 Å². The predicted octanol–water partition coefficient (Wildman–Crippen LogP) is 1.98. The molecule has 0 aromatic rings. The van der Waals surface area contributed by atoms with E-state index in [1.807, 2.05) is 6.08 Å². The van der Waals surface area contributed by atoms with Gasteiger partial charge in [0, 0.05) is 36.7 Å². The average molecular weight is 228 g/mol. The number of rotatable bonds is 5. The van der Waals surface area contributed by atoms with Crippen molar-refractivity contribution in [3.8, 4) is 0 Å². The second kappa shape index (κ2) is 6.56. The van der Waals surface area contributed by atoms with Gasteiger partial charge in [0.15, 0.2) is 0 Å².